The number of amides is 2. The molecule has 7 heteroatoms. The van der Waals surface area contributed by atoms with Crippen molar-refractivity contribution < 1.29 is 18.7 Å². The van der Waals surface area contributed by atoms with Crippen molar-refractivity contribution in [2.45, 2.75) is 32.1 Å². The fraction of sp³-hybridized carbons (Fsp3) is 0.533. The number of benzene rings is 1. The van der Waals surface area contributed by atoms with Crippen LogP contribution in [0.3, 0.4) is 0 Å². The van der Waals surface area contributed by atoms with Crippen LogP contribution in [-0.4, -0.2) is 31.6 Å². The molecule has 0 aliphatic carbocycles. The van der Waals surface area contributed by atoms with Crippen LogP contribution in [0.15, 0.2) is 18.2 Å². The first-order valence-electron chi connectivity index (χ1n) is 7.17. The minimum atomic E-state index is -0.626. The van der Waals surface area contributed by atoms with Gasteiger partial charge in [-0.3, -0.25) is 0 Å². The maximum Gasteiger partial charge on any atom is 0.315 e. The summed E-state index contributed by atoms with van der Waals surface area (Å²) in [6.45, 7) is 5.20. The van der Waals surface area contributed by atoms with Crippen LogP contribution in [0.25, 0.3) is 0 Å². The molecule has 1 aliphatic heterocycles. The number of halogens is 2. The molecule has 122 valence electrons. The first-order chi connectivity index (χ1) is 10.4. The third kappa shape index (κ3) is 4.56. The van der Waals surface area contributed by atoms with E-state index in [4.69, 9.17) is 21.1 Å². The highest BCUT2D eigenvalue weighted by molar-refractivity contribution is 6.31. The van der Waals surface area contributed by atoms with Crippen LogP contribution in [0.4, 0.5) is 9.18 Å². The molecule has 1 aliphatic rings. The van der Waals surface area contributed by atoms with E-state index in [9.17, 15) is 9.18 Å². The molecule has 0 bridgehead atoms. The Kier molecular flexibility index (Phi) is 5.61. The Morgan fingerprint density at radius 2 is 2.14 bits per heavy atom. The third-order valence-electron chi connectivity index (χ3n) is 3.54. The average Bonchev–Trinajstić information content (AvgIpc) is 2.85. The van der Waals surface area contributed by atoms with Crippen LogP contribution in [0.1, 0.15) is 31.9 Å². The monoisotopic (exact) mass is 330 g/mol. The Labute approximate surface area is 134 Å². The van der Waals surface area contributed by atoms with E-state index in [0.29, 0.717) is 31.7 Å². The van der Waals surface area contributed by atoms with Gasteiger partial charge < -0.3 is 20.1 Å². The molecule has 2 N–H and O–H groups in total. The molecular formula is C15H20ClFN2O3. The minimum Gasteiger partial charge on any atom is -0.348 e. The van der Waals surface area contributed by atoms with Crippen LogP contribution < -0.4 is 10.6 Å². The van der Waals surface area contributed by atoms with E-state index in [1.165, 1.54) is 12.1 Å². The number of nitrogens with one attached hydrogen (secondary N) is 2. The number of urea groups is 1. The summed E-state index contributed by atoms with van der Waals surface area (Å²) in [4.78, 5) is 11.9. The Balaban J connectivity index is 1.78. The Hall–Kier alpha value is -1.37. The summed E-state index contributed by atoms with van der Waals surface area (Å²) in [5.74, 6) is -1.03. The van der Waals surface area contributed by atoms with Crippen molar-refractivity contribution in [2.24, 2.45) is 0 Å². The van der Waals surface area contributed by atoms with Crippen molar-refractivity contribution in [3.8, 4) is 0 Å². The summed E-state index contributed by atoms with van der Waals surface area (Å²) in [6.07, 6.45) is 0.562. The van der Waals surface area contributed by atoms with Gasteiger partial charge in [-0.05, 0) is 31.5 Å². The maximum atomic E-state index is 13.0. The van der Waals surface area contributed by atoms with Crippen LogP contribution in [0.2, 0.25) is 5.02 Å². The van der Waals surface area contributed by atoms with Gasteiger partial charge in [-0.25, -0.2) is 9.18 Å². The van der Waals surface area contributed by atoms with Crippen LogP contribution in [0.5, 0.6) is 0 Å². The molecule has 5 nitrogen and oxygen atoms in total. The molecule has 0 spiro atoms. The Morgan fingerprint density at radius 3 is 2.77 bits per heavy atom. The summed E-state index contributed by atoms with van der Waals surface area (Å²) in [5.41, 5.74) is 0.660. The summed E-state index contributed by atoms with van der Waals surface area (Å²) >= 11 is 5.97. The summed E-state index contributed by atoms with van der Waals surface area (Å²) in [6, 6.07) is 3.44. The minimum absolute atomic E-state index is 0.285. The van der Waals surface area contributed by atoms with E-state index < -0.39 is 11.6 Å². The van der Waals surface area contributed by atoms with E-state index in [1.807, 2.05) is 6.92 Å². The van der Waals surface area contributed by atoms with E-state index >= 15 is 0 Å². The fourth-order valence-corrected chi connectivity index (χ4v) is 2.61. The fourth-order valence-electron chi connectivity index (χ4n) is 2.28. The number of carbonyl (C=O) groups is 1. The summed E-state index contributed by atoms with van der Waals surface area (Å²) < 4.78 is 23.9. The molecule has 0 saturated carbocycles. The molecular weight excluding hydrogens is 311 g/mol. The van der Waals surface area contributed by atoms with Crippen LogP contribution >= 0.6 is 11.6 Å². The number of carbonyl (C=O) groups excluding carboxylic acids is 1. The zero-order chi connectivity index (χ0) is 16.2. The van der Waals surface area contributed by atoms with Crippen molar-refractivity contribution >= 4 is 17.6 Å². The molecule has 2 rings (SSSR count). The molecule has 1 saturated heterocycles. The van der Waals surface area contributed by atoms with E-state index in [-0.39, 0.29) is 17.1 Å². The van der Waals surface area contributed by atoms with Crippen LogP contribution in [0, 0.1) is 5.82 Å². The second kappa shape index (κ2) is 7.26. The predicted octanol–water partition coefficient (Wildman–Crippen LogP) is 2.99. The van der Waals surface area contributed by atoms with Gasteiger partial charge in [0.25, 0.3) is 0 Å². The topological polar surface area (TPSA) is 59.6 Å². The van der Waals surface area contributed by atoms with Gasteiger partial charge >= 0.3 is 6.03 Å². The zero-order valence-electron chi connectivity index (χ0n) is 12.6. The lowest BCUT2D eigenvalue weighted by Crippen LogP contribution is -2.40. The summed E-state index contributed by atoms with van der Waals surface area (Å²) in [5, 5.41) is 5.78. The molecule has 2 amide bonds. The molecule has 1 unspecified atom stereocenters. The molecule has 1 atom stereocenters. The van der Waals surface area contributed by atoms with Gasteiger partial charge in [-0.1, -0.05) is 17.7 Å². The maximum absolute atomic E-state index is 13.0. The largest absolute Gasteiger partial charge is 0.348 e. The molecule has 1 aromatic rings. The van der Waals surface area contributed by atoms with E-state index in [0.717, 1.165) is 0 Å². The third-order valence-corrected chi connectivity index (χ3v) is 3.87. The smallest absolute Gasteiger partial charge is 0.315 e. The SMILES string of the molecule is CC(NC(=O)NCCC1(C)OCCO1)c1ccc(F)cc1Cl. The second-order valence-electron chi connectivity index (χ2n) is 5.37. The van der Waals surface area contributed by atoms with Gasteiger partial charge in [-0.15, -0.1) is 0 Å². The van der Waals surface area contributed by atoms with Gasteiger partial charge in [0.05, 0.1) is 19.3 Å². The van der Waals surface area contributed by atoms with Gasteiger partial charge in [0, 0.05) is 18.0 Å². The first kappa shape index (κ1) is 17.0. The lowest BCUT2D eigenvalue weighted by Gasteiger charge is -2.22. The highest BCUT2D eigenvalue weighted by Crippen LogP contribution is 2.24. The highest BCUT2D eigenvalue weighted by atomic mass is 35.5. The molecule has 0 radical (unpaired) electrons. The van der Waals surface area contributed by atoms with Gasteiger partial charge in [0.1, 0.15) is 5.82 Å². The van der Waals surface area contributed by atoms with Gasteiger partial charge in [0.15, 0.2) is 5.79 Å². The lowest BCUT2D eigenvalue weighted by atomic mass is 10.1. The quantitative estimate of drug-likeness (QED) is 0.872. The summed E-state index contributed by atoms with van der Waals surface area (Å²) in [7, 11) is 0. The lowest BCUT2D eigenvalue weighted by molar-refractivity contribution is -0.145. The highest BCUT2D eigenvalue weighted by Gasteiger charge is 2.30. The van der Waals surface area contributed by atoms with Gasteiger partial charge in [-0.2, -0.15) is 0 Å². The number of rotatable bonds is 5. The predicted molar refractivity (Wildman–Crippen MR) is 81.3 cm³/mol. The van der Waals surface area contributed by atoms with Crippen LogP contribution in [-0.2, 0) is 9.47 Å². The van der Waals surface area contributed by atoms with E-state index in [1.54, 1.807) is 13.0 Å². The van der Waals surface area contributed by atoms with Crippen molar-refractivity contribution in [2.75, 3.05) is 19.8 Å². The normalized spacial score (nSPS) is 18.0. The number of ether oxygens (including phenoxy) is 2. The number of hydrogen-bond acceptors (Lipinski definition) is 3. The van der Waals surface area contributed by atoms with E-state index in [2.05, 4.69) is 10.6 Å². The van der Waals surface area contributed by atoms with Gasteiger partial charge in [0.2, 0.25) is 0 Å². The molecule has 1 heterocycles. The molecule has 1 aromatic carbocycles. The van der Waals surface area contributed by atoms with Crippen molar-refractivity contribution in [1.82, 2.24) is 10.6 Å². The zero-order valence-corrected chi connectivity index (χ0v) is 13.4. The average molecular weight is 331 g/mol. The Morgan fingerprint density at radius 1 is 1.45 bits per heavy atom. The van der Waals surface area contributed by atoms with Crippen molar-refractivity contribution in [3.05, 3.63) is 34.6 Å². The van der Waals surface area contributed by atoms with Crippen molar-refractivity contribution in [3.63, 3.8) is 0 Å². The first-order valence-corrected chi connectivity index (χ1v) is 7.55. The molecule has 1 fully saturated rings. The van der Waals surface area contributed by atoms with Crippen molar-refractivity contribution in [1.29, 1.82) is 0 Å². The Bertz CT molecular complexity index is 536. The molecule has 22 heavy (non-hydrogen) atoms. The standard InChI is InChI=1S/C15H20ClFN2O3/c1-10(12-4-3-11(17)9-13(12)16)19-14(20)18-6-5-15(2)21-7-8-22-15/h3-4,9-10H,5-8H2,1-2H3,(H2,18,19,20). The molecule has 0 aromatic heterocycles. The number of hydrogen-bond donors (Lipinski definition) is 2. The second-order valence-corrected chi connectivity index (χ2v) is 5.78.